The van der Waals surface area contributed by atoms with E-state index in [1.54, 1.807) is 31.5 Å². The van der Waals surface area contributed by atoms with Crippen molar-refractivity contribution in [3.63, 3.8) is 0 Å². The number of nitrogens with two attached hydrogens (primary N) is 1. The summed E-state index contributed by atoms with van der Waals surface area (Å²) in [7, 11) is 1.85. The van der Waals surface area contributed by atoms with E-state index in [2.05, 4.69) is 25.9 Å². The molecule has 2 heterocycles. The fraction of sp³-hybridized carbons (Fsp3) is 0.211. The summed E-state index contributed by atoms with van der Waals surface area (Å²) in [6.45, 7) is 3.87. The largest absolute Gasteiger partial charge is 0.354 e. The van der Waals surface area contributed by atoms with Crippen molar-refractivity contribution >= 4 is 35.2 Å². The molecule has 0 saturated carbocycles. The minimum atomic E-state index is -0.413. The number of nitrogens with zero attached hydrogens (tertiary/aromatic N) is 2. The summed E-state index contributed by atoms with van der Waals surface area (Å²) in [4.78, 5) is 20.5. The number of quaternary nitrogens is 1. The molecule has 0 aliphatic rings. The van der Waals surface area contributed by atoms with Crippen LogP contribution in [0.15, 0.2) is 42.4 Å². The van der Waals surface area contributed by atoms with Crippen molar-refractivity contribution in [2.45, 2.75) is 13.8 Å². The highest BCUT2D eigenvalue weighted by Gasteiger charge is 2.09. The van der Waals surface area contributed by atoms with Gasteiger partial charge in [0, 0.05) is 41.1 Å². The Hall–Kier alpha value is -3.59. The number of amides is 2. The monoisotopic (exact) mass is 381 g/mol. The van der Waals surface area contributed by atoms with E-state index in [0.29, 0.717) is 29.3 Å². The van der Waals surface area contributed by atoms with Crippen LogP contribution in [0.1, 0.15) is 18.2 Å². The first-order chi connectivity index (χ1) is 13.4. The number of likely N-dealkylation sites (N-methyl/N-ethyl adjacent to an activating group) is 1. The van der Waals surface area contributed by atoms with E-state index in [1.807, 2.05) is 31.4 Å². The number of aromatic nitrogens is 2. The lowest BCUT2D eigenvalue weighted by atomic mass is 10.2. The molecular formula is C19H25N8O+. The molecule has 0 atom stereocenters. The Morgan fingerprint density at radius 2 is 2.11 bits per heavy atom. The third kappa shape index (κ3) is 6.29. The molecular weight excluding hydrogens is 356 g/mol. The highest BCUT2D eigenvalue weighted by Crippen LogP contribution is 2.21. The molecule has 9 heteroatoms. The smallest absolute Gasteiger partial charge is 0.320 e. The first-order valence-electron chi connectivity index (χ1n) is 8.71. The minimum absolute atomic E-state index is 0.303. The van der Waals surface area contributed by atoms with E-state index < -0.39 is 6.03 Å². The average molecular weight is 381 g/mol. The molecule has 28 heavy (non-hydrogen) atoms. The zero-order valence-electron chi connectivity index (χ0n) is 16.1. The second-order valence-electron chi connectivity index (χ2n) is 6.11. The third-order valence-corrected chi connectivity index (χ3v) is 3.73. The highest BCUT2D eigenvalue weighted by molar-refractivity contribution is 5.93. The van der Waals surface area contributed by atoms with Gasteiger partial charge in [-0.1, -0.05) is 0 Å². The Morgan fingerprint density at radius 3 is 2.75 bits per heavy atom. The SMILES string of the molecule is C[NH2+]/C(=C\C(C)=N)CNC(=O)Nc1cc(C=N)c(Nc2ccnc(C)c2)cn1. The standard InChI is InChI=1S/C19H24N8O/c1-12(21)6-16(22-3)10-25-19(28)27-18-8-14(9-20)17(11-24-18)26-15-4-5-23-13(2)7-15/h4-9,11,20-22H,10H2,1-3H3,(H,23,26)(H2,24,25,27,28)/p+1/b16-6-,20-9?,21-12?. The highest BCUT2D eigenvalue weighted by atomic mass is 16.2. The van der Waals surface area contributed by atoms with Crippen LogP contribution in [0, 0.1) is 17.7 Å². The van der Waals surface area contributed by atoms with Gasteiger partial charge in [-0.25, -0.2) is 9.78 Å². The van der Waals surface area contributed by atoms with Crippen LogP contribution < -0.4 is 21.3 Å². The molecule has 0 aromatic carbocycles. The predicted octanol–water partition coefficient (Wildman–Crippen LogP) is 1.76. The molecule has 2 rings (SSSR count). The Morgan fingerprint density at radius 1 is 1.32 bits per heavy atom. The number of rotatable bonds is 8. The Labute approximate surface area is 163 Å². The molecule has 0 radical (unpaired) electrons. The quantitative estimate of drug-likeness (QED) is 0.387. The van der Waals surface area contributed by atoms with Crippen LogP contribution in [0.3, 0.4) is 0 Å². The Bertz CT molecular complexity index is 907. The molecule has 0 fully saturated rings. The first-order valence-corrected chi connectivity index (χ1v) is 8.71. The van der Waals surface area contributed by atoms with Crippen molar-refractivity contribution in [1.82, 2.24) is 15.3 Å². The van der Waals surface area contributed by atoms with Crippen molar-refractivity contribution in [1.29, 1.82) is 10.8 Å². The molecule has 0 bridgehead atoms. The fourth-order valence-corrected chi connectivity index (χ4v) is 2.40. The minimum Gasteiger partial charge on any atom is -0.354 e. The summed E-state index contributed by atoms with van der Waals surface area (Å²) in [5, 5.41) is 25.5. The number of allylic oxidation sites excluding steroid dienone is 1. The van der Waals surface area contributed by atoms with Gasteiger partial charge in [-0.15, -0.1) is 0 Å². The van der Waals surface area contributed by atoms with Gasteiger partial charge in [0.2, 0.25) is 0 Å². The van der Waals surface area contributed by atoms with Gasteiger partial charge in [-0.05, 0) is 32.0 Å². The Kier molecular flexibility index (Phi) is 7.35. The van der Waals surface area contributed by atoms with E-state index >= 15 is 0 Å². The molecule has 146 valence electrons. The molecule has 2 amide bonds. The molecule has 0 aliphatic carbocycles. The van der Waals surface area contributed by atoms with Crippen LogP contribution in [-0.2, 0) is 0 Å². The molecule has 2 aromatic rings. The van der Waals surface area contributed by atoms with Gasteiger partial charge in [0.15, 0.2) is 0 Å². The molecule has 0 spiro atoms. The van der Waals surface area contributed by atoms with Crippen LogP contribution in [0.2, 0.25) is 0 Å². The molecule has 2 aromatic heterocycles. The zero-order valence-corrected chi connectivity index (χ0v) is 16.1. The predicted molar refractivity (Wildman–Crippen MR) is 111 cm³/mol. The van der Waals surface area contributed by atoms with Gasteiger partial charge >= 0.3 is 6.03 Å². The maximum atomic E-state index is 12.1. The summed E-state index contributed by atoms with van der Waals surface area (Å²) in [6, 6.07) is 4.92. The summed E-state index contributed by atoms with van der Waals surface area (Å²) in [6.07, 6.45) is 6.15. The number of carbonyl (C=O) groups excluding carboxylic acids is 1. The van der Waals surface area contributed by atoms with Gasteiger partial charge in [-0.2, -0.15) is 0 Å². The summed E-state index contributed by atoms with van der Waals surface area (Å²) >= 11 is 0. The topological polar surface area (TPSA) is 143 Å². The van der Waals surface area contributed by atoms with E-state index in [9.17, 15) is 4.79 Å². The lowest BCUT2D eigenvalue weighted by Gasteiger charge is -2.12. The van der Waals surface area contributed by atoms with Gasteiger partial charge < -0.3 is 26.8 Å². The average Bonchev–Trinajstić information content (AvgIpc) is 2.66. The van der Waals surface area contributed by atoms with Gasteiger partial charge in [0.25, 0.3) is 0 Å². The van der Waals surface area contributed by atoms with Crippen molar-refractivity contribution in [2.24, 2.45) is 0 Å². The first kappa shape index (κ1) is 20.7. The van der Waals surface area contributed by atoms with Gasteiger partial charge in [-0.3, -0.25) is 10.3 Å². The van der Waals surface area contributed by atoms with Crippen LogP contribution in [0.4, 0.5) is 22.0 Å². The second kappa shape index (κ2) is 9.93. The van der Waals surface area contributed by atoms with Crippen LogP contribution >= 0.6 is 0 Å². The van der Waals surface area contributed by atoms with Crippen molar-refractivity contribution < 1.29 is 10.1 Å². The normalized spacial score (nSPS) is 10.9. The van der Waals surface area contributed by atoms with Gasteiger partial charge in [0.1, 0.15) is 11.5 Å². The number of urea groups is 1. The Balaban J connectivity index is 2.04. The van der Waals surface area contributed by atoms with Crippen molar-refractivity contribution in [3.05, 3.63) is 53.6 Å². The maximum absolute atomic E-state index is 12.1. The van der Waals surface area contributed by atoms with Gasteiger partial charge in [0.05, 0.1) is 25.5 Å². The van der Waals surface area contributed by atoms with E-state index in [1.165, 1.54) is 6.21 Å². The lowest BCUT2D eigenvalue weighted by molar-refractivity contribution is -0.576. The molecule has 0 aliphatic heterocycles. The molecule has 7 N–H and O–H groups in total. The summed E-state index contributed by atoms with van der Waals surface area (Å²) in [5.74, 6) is 0.335. The number of carbonyl (C=O) groups is 1. The number of hydrogen-bond acceptors (Lipinski definition) is 6. The number of nitrogens with one attached hydrogen (secondary N) is 5. The van der Waals surface area contributed by atoms with E-state index in [4.69, 9.17) is 10.8 Å². The third-order valence-electron chi connectivity index (χ3n) is 3.73. The van der Waals surface area contributed by atoms with E-state index in [0.717, 1.165) is 17.1 Å². The van der Waals surface area contributed by atoms with Crippen molar-refractivity contribution in [3.8, 4) is 0 Å². The van der Waals surface area contributed by atoms with Crippen molar-refractivity contribution in [2.75, 3.05) is 24.2 Å². The molecule has 9 nitrogen and oxygen atoms in total. The number of pyridine rings is 2. The number of hydrogen-bond donors (Lipinski definition) is 6. The molecule has 0 saturated heterocycles. The summed E-state index contributed by atoms with van der Waals surface area (Å²) in [5.41, 5.74) is 4.20. The maximum Gasteiger partial charge on any atom is 0.320 e. The summed E-state index contributed by atoms with van der Waals surface area (Å²) < 4.78 is 0. The zero-order chi connectivity index (χ0) is 20.5. The fourth-order valence-electron chi connectivity index (χ4n) is 2.40. The lowest BCUT2D eigenvalue weighted by Crippen LogP contribution is -2.79. The molecule has 0 unspecified atom stereocenters. The number of anilines is 3. The second-order valence-corrected chi connectivity index (χ2v) is 6.11. The van der Waals surface area contributed by atoms with Crippen LogP contribution in [0.25, 0.3) is 0 Å². The number of aryl methyl sites for hydroxylation is 1. The van der Waals surface area contributed by atoms with Crippen LogP contribution in [-0.4, -0.2) is 41.5 Å². The van der Waals surface area contributed by atoms with Crippen LogP contribution in [0.5, 0.6) is 0 Å². The van der Waals surface area contributed by atoms with E-state index in [-0.39, 0.29) is 0 Å².